The Morgan fingerprint density at radius 3 is 2.42 bits per heavy atom. The second kappa shape index (κ2) is 7.61. The number of nitrogens with zero attached hydrogens (tertiary/aromatic N) is 1. The van der Waals surface area contributed by atoms with Crippen molar-refractivity contribution in [3.63, 3.8) is 0 Å². The Bertz CT molecular complexity index is 398. The van der Waals surface area contributed by atoms with Crippen LogP contribution < -0.4 is 0 Å². The number of rotatable bonds is 2. The third-order valence-electron chi connectivity index (χ3n) is 3.08. The van der Waals surface area contributed by atoms with E-state index in [1.165, 1.54) is 14.2 Å². The van der Waals surface area contributed by atoms with Crippen molar-refractivity contribution < 1.29 is 19.1 Å². The zero-order valence-electron chi connectivity index (χ0n) is 11.8. The van der Waals surface area contributed by atoms with Gasteiger partial charge in [0.15, 0.2) is 0 Å². The van der Waals surface area contributed by atoms with Crippen LogP contribution in [0.1, 0.15) is 25.7 Å². The van der Waals surface area contributed by atoms with Gasteiger partial charge >= 0.3 is 11.9 Å². The molecule has 0 N–H and O–H groups in total. The smallest absolute Gasteiger partial charge is 0.354 e. The van der Waals surface area contributed by atoms with E-state index in [9.17, 15) is 9.59 Å². The molecular weight excluding hydrogens is 246 g/mol. The Kier molecular flexibility index (Phi) is 6.12. The van der Waals surface area contributed by atoms with Crippen molar-refractivity contribution in [1.82, 2.24) is 4.90 Å². The van der Waals surface area contributed by atoms with Crippen LogP contribution in [0.15, 0.2) is 23.4 Å². The number of hydrogen-bond acceptors (Lipinski definition) is 5. The lowest BCUT2D eigenvalue weighted by Gasteiger charge is -2.23. The molecule has 0 unspecified atom stereocenters. The fraction of sp³-hybridized carbons (Fsp3) is 0.571. The maximum atomic E-state index is 11.9. The number of likely N-dealkylation sites (N-methyl/N-ethyl adjacent to an activating group) is 1. The standard InChI is InChI=1S/C14H21NO4/c1-15-10-8-6-4-5-7-9-11(13(16)18-2)12(15)14(17)19-3/h5,7H,4,6,8-10H2,1-3H3/b7-5+,12-11+. The van der Waals surface area contributed by atoms with Gasteiger partial charge in [0.2, 0.25) is 0 Å². The van der Waals surface area contributed by atoms with Gasteiger partial charge in [0.05, 0.1) is 19.8 Å². The van der Waals surface area contributed by atoms with Crippen molar-refractivity contribution >= 4 is 11.9 Å². The molecule has 5 heteroatoms. The minimum absolute atomic E-state index is 0.293. The minimum atomic E-state index is -0.503. The highest BCUT2D eigenvalue weighted by molar-refractivity contribution is 6.00. The molecule has 1 heterocycles. The van der Waals surface area contributed by atoms with E-state index in [0.29, 0.717) is 24.2 Å². The molecule has 0 saturated heterocycles. The number of esters is 2. The predicted molar refractivity (Wildman–Crippen MR) is 71.3 cm³/mol. The highest BCUT2D eigenvalue weighted by Crippen LogP contribution is 2.19. The first kappa shape index (κ1) is 15.3. The molecule has 0 radical (unpaired) electrons. The molecule has 0 saturated carbocycles. The Morgan fingerprint density at radius 1 is 1.11 bits per heavy atom. The summed E-state index contributed by atoms with van der Waals surface area (Å²) >= 11 is 0. The van der Waals surface area contributed by atoms with E-state index in [4.69, 9.17) is 9.47 Å². The van der Waals surface area contributed by atoms with Gasteiger partial charge in [0.1, 0.15) is 5.70 Å². The first-order valence-corrected chi connectivity index (χ1v) is 6.37. The third-order valence-corrected chi connectivity index (χ3v) is 3.08. The Balaban J connectivity index is 3.22. The summed E-state index contributed by atoms with van der Waals surface area (Å²) in [5.74, 6) is -0.991. The molecule has 0 fully saturated rings. The Morgan fingerprint density at radius 2 is 1.79 bits per heavy atom. The number of carbonyl (C=O) groups is 2. The molecule has 1 rings (SSSR count). The van der Waals surface area contributed by atoms with Gasteiger partial charge in [-0.05, 0) is 25.7 Å². The fourth-order valence-electron chi connectivity index (χ4n) is 2.05. The molecule has 1 aliphatic heterocycles. The van der Waals surface area contributed by atoms with Gasteiger partial charge in [0.25, 0.3) is 0 Å². The zero-order chi connectivity index (χ0) is 14.3. The molecule has 0 aromatic heterocycles. The van der Waals surface area contributed by atoms with Gasteiger partial charge in [-0.3, -0.25) is 0 Å². The second-order valence-electron chi connectivity index (χ2n) is 4.40. The summed E-state index contributed by atoms with van der Waals surface area (Å²) in [6.07, 6.45) is 7.30. The lowest BCUT2D eigenvalue weighted by molar-refractivity contribution is -0.140. The van der Waals surface area contributed by atoms with Crippen LogP contribution in [-0.4, -0.2) is 44.7 Å². The number of hydrogen-bond donors (Lipinski definition) is 0. The molecule has 0 aromatic carbocycles. The predicted octanol–water partition coefficient (Wildman–Crippen LogP) is 1.65. The SMILES string of the molecule is COC(=O)/C1=C(\C(=O)OC)N(C)CCCC/C=C/C1. The average molecular weight is 267 g/mol. The van der Waals surface area contributed by atoms with Crippen LogP contribution in [-0.2, 0) is 19.1 Å². The van der Waals surface area contributed by atoms with Crippen LogP contribution in [0, 0.1) is 0 Å². The number of allylic oxidation sites excluding steroid dienone is 2. The van der Waals surface area contributed by atoms with Crippen molar-refractivity contribution in [1.29, 1.82) is 0 Å². The quantitative estimate of drug-likeness (QED) is 0.562. The lowest BCUT2D eigenvalue weighted by Crippen LogP contribution is -2.29. The van der Waals surface area contributed by atoms with Crippen LogP contribution in [0.25, 0.3) is 0 Å². The molecule has 0 atom stereocenters. The minimum Gasteiger partial charge on any atom is -0.466 e. The van der Waals surface area contributed by atoms with Crippen LogP contribution in [0.3, 0.4) is 0 Å². The lowest BCUT2D eigenvalue weighted by atomic mass is 10.1. The topological polar surface area (TPSA) is 55.8 Å². The largest absolute Gasteiger partial charge is 0.466 e. The van der Waals surface area contributed by atoms with Crippen molar-refractivity contribution in [3.8, 4) is 0 Å². The molecule has 0 aromatic rings. The molecule has 0 bridgehead atoms. The van der Waals surface area contributed by atoms with Crippen molar-refractivity contribution in [3.05, 3.63) is 23.4 Å². The molecule has 0 amide bonds. The summed E-state index contributed by atoms with van der Waals surface area (Å²) in [7, 11) is 4.42. The van der Waals surface area contributed by atoms with Gasteiger partial charge in [-0.1, -0.05) is 12.2 Å². The van der Waals surface area contributed by atoms with E-state index >= 15 is 0 Å². The van der Waals surface area contributed by atoms with E-state index in [1.807, 2.05) is 12.2 Å². The average Bonchev–Trinajstić information content (AvgIpc) is 2.43. The maximum Gasteiger partial charge on any atom is 0.354 e. The second-order valence-corrected chi connectivity index (χ2v) is 4.40. The molecule has 1 aliphatic rings. The monoisotopic (exact) mass is 267 g/mol. The number of ether oxygens (including phenoxy) is 2. The molecule has 106 valence electrons. The van der Waals surface area contributed by atoms with Gasteiger partial charge in [-0.25, -0.2) is 9.59 Å². The van der Waals surface area contributed by atoms with E-state index in [2.05, 4.69) is 0 Å². The molecule has 0 spiro atoms. The van der Waals surface area contributed by atoms with Crippen molar-refractivity contribution in [2.24, 2.45) is 0 Å². The first-order valence-electron chi connectivity index (χ1n) is 6.37. The van der Waals surface area contributed by atoms with Gasteiger partial charge in [0, 0.05) is 13.6 Å². The summed E-state index contributed by atoms with van der Waals surface area (Å²) < 4.78 is 9.55. The van der Waals surface area contributed by atoms with Gasteiger partial charge in [-0.2, -0.15) is 0 Å². The summed E-state index contributed by atoms with van der Waals surface area (Å²) in [5.41, 5.74) is 0.635. The van der Waals surface area contributed by atoms with Gasteiger partial charge < -0.3 is 14.4 Å². The highest BCUT2D eigenvalue weighted by Gasteiger charge is 2.25. The molecule has 19 heavy (non-hydrogen) atoms. The molecule has 5 nitrogen and oxygen atoms in total. The van der Waals surface area contributed by atoms with E-state index in [-0.39, 0.29) is 0 Å². The molecular formula is C14H21NO4. The number of methoxy groups -OCH3 is 2. The van der Waals surface area contributed by atoms with Crippen LogP contribution in [0.5, 0.6) is 0 Å². The maximum absolute atomic E-state index is 11.9. The summed E-state index contributed by atoms with van der Waals surface area (Å²) in [6.45, 7) is 0.707. The summed E-state index contributed by atoms with van der Waals surface area (Å²) in [6, 6.07) is 0. The van der Waals surface area contributed by atoms with Crippen LogP contribution in [0.4, 0.5) is 0 Å². The Labute approximate surface area is 113 Å². The normalized spacial score (nSPS) is 22.6. The molecule has 0 aliphatic carbocycles. The summed E-state index contributed by atoms with van der Waals surface area (Å²) in [5, 5.41) is 0. The fourth-order valence-corrected chi connectivity index (χ4v) is 2.05. The summed E-state index contributed by atoms with van der Waals surface area (Å²) in [4.78, 5) is 25.6. The van der Waals surface area contributed by atoms with Crippen LogP contribution >= 0.6 is 0 Å². The van der Waals surface area contributed by atoms with Crippen molar-refractivity contribution in [2.45, 2.75) is 25.7 Å². The van der Waals surface area contributed by atoms with E-state index < -0.39 is 11.9 Å². The highest BCUT2D eigenvalue weighted by atomic mass is 16.5. The first-order chi connectivity index (χ1) is 9.11. The zero-order valence-corrected chi connectivity index (χ0v) is 11.8. The van der Waals surface area contributed by atoms with E-state index in [0.717, 1.165) is 19.3 Å². The Hall–Kier alpha value is -1.78. The van der Waals surface area contributed by atoms with Crippen LogP contribution in [0.2, 0.25) is 0 Å². The van der Waals surface area contributed by atoms with Crippen molar-refractivity contribution in [2.75, 3.05) is 27.8 Å². The van der Waals surface area contributed by atoms with E-state index in [1.54, 1.807) is 11.9 Å². The number of carbonyl (C=O) groups excluding carboxylic acids is 2. The third kappa shape index (κ3) is 4.12. The van der Waals surface area contributed by atoms with Gasteiger partial charge in [-0.15, -0.1) is 0 Å².